The number of aliphatic carboxylic acids is 1. The molecule has 3 amide bonds. The predicted octanol–water partition coefficient (Wildman–Crippen LogP) is 2.67. The minimum Gasteiger partial charge on any atom is -0.481 e. The first-order chi connectivity index (χ1) is 23.3. The molecule has 0 aromatic heterocycles. The average molecular weight is 685 g/mol. The molecule has 0 heterocycles. The summed E-state index contributed by atoms with van der Waals surface area (Å²) in [7, 11) is 0. The van der Waals surface area contributed by atoms with Crippen LogP contribution in [0.1, 0.15) is 57.8 Å². The Morgan fingerprint density at radius 1 is 0.583 bits per heavy atom. The number of hydrogen-bond acceptors (Lipinski definition) is 11. The molecule has 270 valence electrons. The van der Waals surface area contributed by atoms with E-state index >= 15 is 0 Å². The normalized spacial score (nSPS) is 11.6. The number of carbonyl (C=O) groups excluding carboxylic acids is 3. The van der Waals surface area contributed by atoms with Crippen LogP contribution in [0, 0.1) is 0 Å². The van der Waals surface area contributed by atoms with E-state index in [9.17, 15) is 19.2 Å². The van der Waals surface area contributed by atoms with E-state index in [1.807, 2.05) is 0 Å². The van der Waals surface area contributed by atoms with Crippen molar-refractivity contribution in [3.8, 4) is 0 Å². The first kappa shape index (κ1) is 43.6. The molecule has 48 heavy (non-hydrogen) atoms. The topological polar surface area (TPSA) is 308 Å². The van der Waals surface area contributed by atoms with Crippen LogP contribution in [0.15, 0.2) is 15.3 Å². The molecule has 21 heteroatoms. The van der Waals surface area contributed by atoms with Gasteiger partial charge in [-0.1, -0.05) is 28.2 Å². The first-order valence-electron chi connectivity index (χ1n) is 15.8. The molecule has 0 aromatic carbocycles. The van der Waals surface area contributed by atoms with Crippen molar-refractivity contribution in [2.45, 2.75) is 69.9 Å². The number of nitrogens with zero attached hydrogens (tertiary/aromatic N) is 9. The highest BCUT2D eigenvalue weighted by Gasteiger charge is 2.26. The highest BCUT2D eigenvalue weighted by Crippen LogP contribution is 2.07. The lowest BCUT2D eigenvalue weighted by atomic mass is 10.1. The molecule has 0 aromatic rings. The van der Waals surface area contributed by atoms with Crippen LogP contribution < -0.4 is 16.0 Å². The molecule has 0 saturated heterocycles. The second-order valence-corrected chi connectivity index (χ2v) is 10.0. The van der Waals surface area contributed by atoms with E-state index in [-0.39, 0.29) is 71.7 Å². The first-order valence-corrected chi connectivity index (χ1v) is 15.8. The third-order valence-electron chi connectivity index (χ3n) is 6.26. The van der Waals surface area contributed by atoms with Crippen LogP contribution in [0.5, 0.6) is 0 Å². The molecule has 0 rings (SSSR count). The minimum atomic E-state index is -0.951. The fourth-order valence-electron chi connectivity index (χ4n) is 3.87. The Labute approximate surface area is 278 Å². The maximum Gasteiger partial charge on any atom is 0.305 e. The number of carboxylic acid groups (broad SMARTS) is 1. The van der Waals surface area contributed by atoms with Gasteiger partial charge in [-0.25, -0.2) is 0 Å². The number of azide groups is 3. The van der Waals surface area contributed by atoms with Gasteiger partial charge < -0.3 is 40.0 Å². The maximum absolute atomic E-state index is 13.3. The van der Waals surface area contributed by atoms with Crippen molar-refractivity contribution in [3.63, 3.8) is 0 Å². The monoisotopic (exact) mass is 684 g/mol. The van der Waals surface area contributed by atoms with Gasteiger partial charge in [0.2, 0.25) is 17.7 Å². The van der Waals surface area contributed by atoms with E-state index in [1.165, 1.54) is 0 Å². The number of carboxylic acids is 1. The summed E-state index contributed by atoms with van der Waals surface area (Å²) < 4.78 is 21.3. The van der Waals surface area contributed by atoms with Crippen molar-refractivity contribution in [2.24, 2.45) is 15.3 Å². The molecule has 0 fully saturated rings. The Morgan fingerprint density at radius 3 is 1.54 bits per heavy atom. The van der Waals surface area contributed by atoms with Gasteiger partial charge in [0, 0.05) is 47.3 Å². The summed E-state index contributed by atoms with van der Waals surface area (Å²) in [5, 5.41) is 27.0. The molecule has 0 aliphatic rings. The van der Waals surface area contributed by atoms with Gasteiger partial charge in [0.25, 0.3) is 0 Å². The van der Waals surface area contributed by atoms with Crippen molar-refractivity contribution in [1.82, 2.24) is 16.0 Å². The fraction of sp³-hybridized carbons (Fsp3) is 0.852. The summed E-state index contributed by atoms with van der Waals surface area (Å²) in [6, 6.07) is -1.88. The summed E-state index contributed by atoms with van der Waals surface area (Å²) in [5.41, 5.74) is 25.4. The maximum atomic E-state index is 13.3. The minimum absolute atomic E-state index is 0.0384. The van der Waals surface area contributed by atoms with Gasteiger partial charge in [-0.3, -0.25) is 19.2 Å². The van der Waals surface area contributed by atoms with Crippen molar-refractivity contribution < 1.29 is 43.2 Å². The summed E-state index contributed by atoms with van der Waals surface area (Å²) >= 11 is 0. The lowest BCUT2D eigenvalue weighted by molar-refractivity contribution is -0.138. The van der Waals surface area contributed by atoms with Gasteiger partial charge in [0.05, 0.1) is 59.3 Å². The number of ether oxygens (including phenoxy) is 4. The Morgan fingerprint density at radius 2 is 1.04 bits per heavy atom. The summed E-state index contributed by atoms with van der Waals surface area (Å²) in [6.07, 6.45) is 2.73. The Hall–Kier alpha value is -4.35. The van der Waals surface area contributed by atoms with Crippen molar-refractivity contribution in [1.29, 1.82) is 0 Å². The molecule has 0 saturated carbocycles. The van der Waals surface area contributed by atoms with Gasteiger partial charge in [-0.15, -0.1) is 0 Å². The van der Waals surface area contributed by atoms with Crippen LogP contribution in [0.25, 0.3) is 31.3 Å². The van der Waals surface area contributed by atoms with Crippen LogP contribution in [0.3, 0.4) is 0 Å². The van der Waals surface area contributed by atoms with Crippen molar-refractivity contribution in [3.05, 3.63) is 31.3 Å². The van der Waals surface area contributed by atoms with Crippen molar-refractivity contribution in [2.75, 3.05) is 79.0 Å². The number of amides is 3. The molecular formula is C27H48N12O9. The van der Waals surface area contributed by atoms with E-state index in [4.69, 9.17) is 40.6 Å². The van der Waals surface area contributed by atoms with Crippen LogP contribution >= 0.6 is 0 Å². The fourth-order valence-corrected chi connectivity index (χ4v) is 3.87. The van der Waals surface area contributed by atoms with Crippen LogP contribution in [-0.4, -0.2) is 120 Å². The largest absolute Gasteiger partial charge is 0.481 e. The smallest absolute Gasteiger partial charge is 0.305 e. The third-order valence-corrected chi connectivity index (χ3v) is 6.26. The van der Waals surface area contributed by atoms with Crippen LogP contribution in [-0.2, 0) is 38.1 Å². The molecule has 4 N–H and O–H groups in total. The van der Waals surface area contributed by atoms with Gasteiger partial charge in [-0.05, 0) is 48.7 Å². The zero-order valence-electron chi connectivity index (χ0n) is 27.2. The van der Waals surface area contributed by atoms with Crippen molar-refractivity contribution >= 4 is 23.7 Å². The highest BCUT2D eigenvalue weighted by molar-refractivity contribution is 5.92. The van der Waals surface area contributed by atoms with E-state index < -0.39 is 35.8 Å². The van der Waals surface area contributed by atoms with Crippen LogP contribution in [0.2, 0.25) is 0 Å². The number of nitrogens with one attached hydrogen (secondary N) is 3. The average Bonchev–Trinajstić information content (AvgIpc) is 3.06. The van der Waals surface area contributed by atoms with Crippen LogP contribution in [0.4, 0.5) is 0 Å². The summed E-state index contributed by atoms with van der Waals surface area (Å²) in [5.74, 6) is -2.34. The molecule has 0 aliphatic carbocycles. The Bertz CT molecular complexity index is 1060. The molecule has 0 aliphatic heterocycles. The van der Waals surface area contributed by atoms with E-state index in [1.54, 1.807) is 0 Å². The molecule has 2 atom stereocenters. The lowest BCUT2D eigenvalue weighted by Crippen LogP contribution is -2.54. The quantitative estimate of drug-likeness (QED) is 0.0341. The number of unbranched alkanes of at least 4 members (excludes halogenated alkanes) is 2. The second-order valence-electron chi connectivity index (χ2n) is 10.0. The Kier molecular flexibility index (Phi) is 29.6. The zero-order valence-corrected chi connectivity index (χ0v) is 27.2. The summed E-state index contributed by atoms with van der Waals surface area (Å²) in [4.78, 5) is 57.2. The molecule has 0 radical (unpaired) electrons. The van der Waals surface area contributed by atoms with Gasteiger partial charge in [0.15, 0.2) is 0 Å². The van der Waals surface area contributed by atoms with Gasteiger partial charge >= 0.3 is 5.97 Å². The number of carbonyl (C=O) groups is 4. The number of rotatable bonds is 33. The highest BCUT2D eigenvalue weighted by atomic mass is 16.6. The van der Waals surface area contributed by atoms with E-state index in [2.05, 4.69) is 46.0 Å². The van der Waals surface area contributed by atoms with E-state index in [0.29, 0.717) is 65.1 Å². The number of hydrogen-bond donors (Lipinski definition) is 4. The zero-order chi connectivity index (χ0) is 35.5. The third kappa shape index (κ3) is 27.9. The van der Waals surface area contributed by atoms with E-state index in [0.717, 1.165) is 0 Å². The lowest BCUT2D eigenvalue weighted by Gasteiger charge is -2.23. The molecular weight excluding hydrogens is 636 g/mol. The molecule has 0 spiro atoms. The predicted molar refractivity (Wildman–Crippen MR) is 171 cm³/mol. The molecule has 21 nitrogen and oxygen atoms in total. The van der Waals surface area contributed by atoms with Gasteiger partial charge in [-0.2, -0.15) is 0 Å². The summed E-state index contributed by atoms with van der Waals surface area (Å²) in [6.45, 7) is 2.96. The Balaban J connectivity index is 4.74. The molecule has 0 unspecified atom stereocenters. The standard InChI is InChI=1S/C27H48N12O9/c28-37-32-10-3-1-6-22(26(43)31-13-15-46-17-19-48-21-20-47-18-16-45-14-9-25(41)42)36-27(44)23(7-2-4-11-33-38-29)35-24(40)8-5-12-34-39-30/h22-23H,1-21H2,(H,31,43)(H,35,40)(H,36,44)(H,41,42)/t22-,23-/m0/s1. The second kappa shape index (κ2) is 32.6. The molecule has 0 bridgehead atoms. The van der Waals surface area contributed by atoms with Gasteiger partial charge in [0.1, 0.15) is 12.1 Å². The SMILES string of the molecule is [N-]=[N+]=NCCCC[C@H](NC(=O)CCCN=[N+]=[N-])C(=O)N[C@@H](CCCCN=[N+]=[N-])C(=O)NCCOCCOCCOCCOCCC(=O)O.